The van der Waals surface area contributed by atoms with E-state index in [2.05, 4.69) is 60.2 Å². The smallest absolute Gasteiger partial charge is 0.164 e. The van der Waals surface area contributed by atoms with Crippen molar-refractivity contribution in [3.05, 3.63) is 70.9 Å². The molecular formula is C27H32N3O3P. The molecule has 0 radical (unpaired) electrons. The molecule has 7 heteroatoms. The Morgan fingerprint density at radius 1 is 0.941 bits per heavy atom. The monoisotopic (exact) mass is 477 g/mol. The lowest BCUT2D eigenvalue weighted by atomic mass is 9.99. The maximum absolute atomic E-state index is 8.95. The standard InChI is InChI=1S/C27H32N3O3P/c1-18-6-11-23-24-16-20(17-29-26(24)27(28)30-25(23)14-18)7-8-21-9-10-22(15-19(21)2)33-12-4-3-5-13-34(31)32/h6,9-11,14-17,31-32H,3-5,7-8,12-13H2,1-2H3,(H2,28,30). The topological polar surface area (TPSA) is 101 Å². The average Bonchev–Trinajstić information content (AvgIpc) is 2.80. The summed E-state index contributed by atoms with van der Waals surface area (Å²) in [5.41, 5.74) is 12.7. The molecule has 4 aromatic rings. The quantitative estimate of drug-likeness (QED) is 0.156. The second kappa shape index (κ2) is 11.1. The van der Waals surface area contributed by atoms with E-state index in [4.69, 9.17) is 20.3 Å². The largest absolute Gasteiger partial charge is 0.494 e. The average molecular weight is 478 g/mol. The van der Waals surface area contributed by atoms with Crippen LogP contribution in [0.1, 0.15) is 41.5 Å². The Bertz CT molecular complexity index is 1290. The summed E-state index contributed by atoms with van der Waals surface area (Å²) in [7, 11) is -1.77. The van der Waals surface area contributed by atoms with Crippen LogP contribution in [0.5, 0.6) is 5.75 Å². The van der Waals surface area contributed by atoms with E-state index in [9.17, 15) is 0 Å². The molecule has 0 aliphatic heterocycles. The Labute approximate surface area is 201 Å². The Hall–Kier alpha value is -2.79. The molecule has 178 valence electrons. The maximum Gasteiger partial charge on any atom is 0.164 e. The Morgan fingerprint density at radius 2 is 1.79 bits per heavy atom. The number of anilines is 1. The summed E-state index contributed by atoms with van der Waals surface area (Å²) in [6.45, 7) is 4.82. The van der Waals surface area contributed by atoms with Crippen molar-refractivity contribution in [2.24, 2.45) is 0 Å². The number of nitrogens with zero attached hydrogens (tertiary/aromatic N) is 2. The maximum atomic E-state index is 8.95. The molecule has 4 rings (SSSR count). The molecule has 2 heterocycles. The van der Waals surface area contributed by atoms with E-state index in [0.717, 1.165) is 65.2 Å². The van der Waals surface area contributed by atoms with E-state index >= 15 is 0 Å². The van der Waals surface area contributed by atoms with Crippen LogP contribution in [-0.4, -0.2) is 32.5 Å². The van der Waals surface area contributed by atoms with Crippen LogP contribution in [0.15, 0.2) is 48.7 Å². The molecule has 0 bridgehead atoms. The first-order valence-corrected chi connectivity index (χ1v) is 13.2. The molecule has 0 spiro atoms. The molecule has 2 aromatic carbocycles. The van der Waals surface area contributed by atoms with Gasteiger partial charge in [0.15, 0.2) is 14.2 Å². The van der Waals surface area contributed by atoms with Gasteiger partial charge in [-0.25, -0.2) is 4.98 Å². The van der Waals surface area contributed by atoms with Crippen LogP contribution in [0.2, 0.25) is 0 Å². The zero-order valence-electron chi connectivity index (χ0n) is 19.8. The fourth-order valence-corrected chi connectivity index (χ4v) is 4.75. The molecule has 6 nitrogen and oxygen atoms in total. The molecule has 0 aliphatic carbocycles. The SMILES string of the molecule is Cc1ccc2c(c1)nc(N)c1ncc(CCc3ccc(OCCCCCP(O)O)cc3C)cc12. The number of aromatic nitrogens is 2. The third kappa shape index (κ3) is 6.01. The van der Waals surface area contributed by atoms with Crippen LogP contribution in [-0.2, 0) is 12.8 Å². The first-order chi connectivity index (χ1) is 16.4. The molecule has 0 atom stereocenters. The minimum Gasteiger partial charge on any atom is -0.494 e. The highest BCUT2D eigenvalue weighted by atomic mass is 31.2. The molecule has 0 fully saturated rings. The highest BCUT2D eigenvalue weighted by Gasteiger charge is 2.10. The van der Waals surface area contributed by atoms with E-state index in [-0.39, 0.29) is 0 Å². The lowest BCUT2D eigenvalue weighted by molar-refractivity contribution is 0.306. The molecule has 0 aliphatic rings. The number of aryl methyl sites for hydroxylation is 4. The van der Waals surface area contributed by atoms with Crippen LogP contribution < -0.4 is 10.5 Å². The highest BCUT2D eigenvalue weighted by Crippen LogP contribution is 2.28. The van der Waals surface area contributed by atoms with Gasteiger partial charge in [0.05, 0.1) is 12.1 Å². The van der Waals surface area contributed by atoms with Gasteiger partial charge in [-0.2, -0.15) is 0 Å². The predicted octanol–water partition coefficient (Wildman–Crippen LogP) is 5.61. The number of ether oxygens (including phenoxy) is 1. The fraction of sp³-hybridized carbons (Fsp3) is 0.333. The minimum absolute atomic E-state index is 0.470. The number of rotatable bonds is 10. The van der Waals surface area contributed by atoms with Crippen molar-refractivity contribution in [2.45, 2.75) is 46.0 Å². The van der Waals surface area contributed by atoms with Gasteiger partial charge in [-0.05, 0) is 92.5 Å². The van der Waals surface area contributed by atoms with Crippen molar-refractivity contribution in [3.8, 4) is 5.75 Å². The Kier molecular flexibility index (Phi) is 7.94. The van der Waals surface area contributed by atoms with E-state index < -0.39 is 8.38 Å². The van der Waals surface area contributed by atoms with Gasteiger partial charge in [0.1, 0.15) is 11.3 Å². The van der Waals surface area contributed by atoms with E-state index in [0.29, 0.717) is 18.6 Å². The first kappa shape index (κ1) is 24.3. The lowest BCUT2D eigenvalue weighted by Crippen LogP contribution is -2.00. The van der Waals surface area contributed by atoms with Crippen molar-refractivity contribution >= 4 is 36.0 Å². The van der Waals surface area contributed by atoms with Gasteiger partial charge in [-0.3, -0.25) is 4.98 Å². The lowest BCUT2D eigenvalue weighted by Gasteiger charge is -2.11. The summed E-state index contributed by atoms with van der Waals surface area (Å²) in [6, 6.07) is 14.7. The van der Waals surface area contributed by atoms with Gasteiger partial charge in [0.2, 0.25) is 0 Å². The van der Waals surface area contributed by atoms with Crippen LogP contribution >= 0.6 is 8.38 Å². The summed E-state index contributed by atoms with van der Waals surface area (Å²) in [6.07, 6.45) is 6.86. The van der Waals surface area contributed by atoms with Crippen molar-refractivity contribution in [2.75, 3.05) is 18.5 Å². The van der Waals surface area contributed by atoms with Crippen molar-refractivity contribution in [1.29, 1.82) is 0 Å². The molecule has 0 saturated carbocycles. The summed E-state index contributed by atoms with van der Waals surface area (Å²) in [4.78, 5) is 27.1. The minimum atomic E-state index is -1.77. The third-order valence-corrected chi connectivity index (χ3v) is 6.86. The van der Waals surface area contributed by atoms with Gasteiger partial charge >= 0.3 is 0 Å². The van der Waals surface area contributed by atoms with Gasteiger partial charge in [0, 0.05) is 23.1 Å². The van der Waals surface area contributed by atoms with Gasteiger partial charge < -0.3 is 20.3 Å². The number of unbranched alkanes of at least 4 members (excludes halogenated alkanes) is 2. The molecular weight excluding hydrogens is 445 g/mol. The molecule has 34 heavy (non-hydrogen) atoms. The molecule has 0 amide bonds. The second-order valence-electron chi connectivity index (χ2n) is 8.85. The van der Waals surface area contributed by atoms with Crippen LogP contribution in [0.4, 0.5) is 5.82 Å². The van der Waals surface area contributed by atoms with Crippen LogP contribution in [0.3, 0.4) is 0 Å². The molecule has 4 N–H and O–H groups in total. The Morgan fingerprint density at radius 3 is 2.59 bits per heavy atom. The van der Waals surface area contributed by atoms with Gasteiger partial charge in [-0.1, -0.05) is 18.2 Å². The van der Waals surface area contributed by atoms with E-state index in [1.807, 2.05) is 12.3 Å². The summed E-state index contributed by atoms with van der Waals surface area (Å²) in [5, 5.41) is 2.13. The van der Waals surface area contributed by atoms with E-state index in [1.165, 1.54) is 16.7 Å². The van der Waals surface area contributed by atoms with E-state index in [1.54, 1.807) is 0 Å². The highest BCUT2D eigenvalue weighted by molar-refractivity contribution is 7.45. The summed E-state index contributed by atoms with van der Waals surface area (Å²) in [5.74, 6) is 1.35. The summed E-state index contributed by atoms with van der Waals surface area (Å²) < 4.78 is 5.87. The third-order valence-electron chi connectivity index (χ3n) is 6.14. The van der Waals surface area contributed by atoms with Crippen LogP contribution in [0.25, 0.3) is 21.8 Å². The number of nitrogen functional groups attached to an aromatic ring is 1. The number of hydrogen-bond acceptors (Lipinski definition) is 6. The van der Waals surface area contributed by atoms with Crippen LogP contribution in [0, 0.1) is 13.8 Å². The number of fused-ring (bicyclic) bond motifs is 3. The zero-order chi connectivity index (χ0) is 24.1. The zero-order valence-corrected chi connectivity index (χ0v) is 20.7. The number of nitrogens with two attached hydrogens (primary N) is 1. The Balaban J connectivity index is 1.40. The normalized spacial score (nSPS) is 11.6. The summed E-state index contributed by atoms with van der Waals surface area (Å²) >= 11 is 0. The molecule has 0 saturated heterocycles. The first-order valence-electron chi connectivity index (χ1n) is 11.7. The van der Waals surface area contributed by atoms with Gasteiger partial charge in [-0.15, -0.1) is 0 Å². The number of benzene rings is 2. The number of hydrogen-bond donors (Lipinski definition) is 3. The predicted molar refractivity (Wildman–Crippen MR) is 140 cm³/mol. The number of pyridine rings is 2. The fourth-order valence-electron chi connectivity index (χ4n) is 4.24. The van der Waals surface area contributed by atoms with Crippen molar-refractivity contribution in [3.63, 3.8) is 0 Å². The van der Waals surface area contributed by atoms with Crippen molar-refractivity contribution in [1.82, 2.24) is 9.97 Å². The molecule has 0 unspecified atom stereocenters. The molecule has 2 aromatic heterocycles. The second-order valence-corrected chi connectivity index (χ2v) is 10.0. The van der Waals surface area contributed by atoms with Gasteiger partial charge in [0.25, 0.3) is 0 Å². The van der Waals surface area contributed by atoms with Crippen molar-refractivity contribution < 1.29 is 14.5 Å².